The lowest BCUT2D eigenvalue weighted by atomic mass is 10.4. The minimum Gasteiger partial charge on any atom is -0.378 e. The fraction of sp³-hybridized carbons (Fsp3) is 0.375. The summed E-state index contributed by atoms with van der Waals surface area (Å²) in [7, 11) is -3.29. The lowest BCUT2D eigenvalue weighted by Gasteiger charge is -2.27. The number of nitrogens with one attached hydrogen (secondary N) is 1. The molecule has 0 spiro atoms. The highest BCUT2D eigenvalue weighted by atomic mass is 32.2. The van der Waals surface area contributed by atoms with Gasteiger partial charge in [-0.3, -0.25) is 0 Å². The zero-order valence-electron chi connectivity index (χ0n) is 13.3. The van der Waals surface area contributed by atoms with Gasteiger partial charge in [0.05, 0.1) is 23.9 Å². The molecule has 8 heteroatoms. The third-order valence-corrected chi connectivity index (χ3v) is 5.50. The molecule has 1 N–H and O–H groups in total. The molecule has 0 unspecified atom stereocenters. The number of benzene rings is 1. The highest BCUT2D eigenvalue weighted by Gasteiger charge is 2.15. The molecule has 0 aliphatic carbocycles. The number of morpholine rings is 1. The maximum absolute atomic E-state index is 12.2. The Morgan fingerprint density at radius 3 is 2.62 bits per heavy atom. The van der Waals surface area contributed by atoms with Crippen LogP contribution >= 0.6 is 0 Å². The van der Waals surface area contributed by atoms with Crippen molar-refractivity contribution in [2.24, 2.45) is 0 Å². The Balaban J connectivity index is 1.59. The van der Waals surface area contributed by atoms with Gasteiger partial charge in [-0.25, -0.2) is 18.4 Å². The molecule has 128 valence electrons. The summed E-state index contributed by atoms with van der Waals surface area (Å²) < 4.78 is 29.8. The van der Waals surface area contributed by atoms with Crippen LogP contribution in [0.1, 0.15) is 0 Å². The molecule has 0 atom stereocenters. The van der Waals surface area contributed by atoms with Crippen molar-refractivity contribution in [3.8, 4) is 0 Å². The molecular formula is C16H20N4O3S. The van der Waals surface area contributed by atoms with E-state index < -0.39 is 9.84 Å². The van der Waals surface area contributed by atoms with Crippen LogP contribution in [0.3, 0.4) is 0 Å². The number of rotatable bonds is 6. The van der Waals surface area contributed by atoms with Crippen molar-refractivity contribution in [3.63, 3.8) is 0 Å². The molecule has 1 aliphatic rings. The summed E-state index contributed by atoms with van der Waals surface area (Å²) in [5.41, 5.74) is 0. The molecule has 3 rings (SSSR count). The quantitative estimate of drug-likeness (QED) is 0.839. The molecule has 7 nitrogen and oxygen atoms in total. The number of aromatic nitrogens is 2. The Bertz CT molecular complexity index is 762. The maximum Gasteiger partial charge on any atom is 0.180 e. The van der Waals surface area contributed by atoms with Crippen LogP contribution in [0, 0.1) is 0 Å². The predicted molar refractivity (Wildman–Crippen MR) is 92.0 cm³/mol. The highest BCUT2D eigenvalue weighted by molar-refractivity contribution is 7.91. The van der Waals surface area contributed by atoms with Crippen LogP contribution in [0.15, 0.2) is 47.6 Å². The maximum atomic E-state index is 12.2. The second-order valence-corrected chi connectivity index (χ2v) is 7.53. The number of anilines is 2. The summed E-state index contributed by atoms with van der Waals surface area (Å²) in [5.74, 6) is 1.45. The summed E-state index contributed by atoms with van der Waals surface area (Å²) in [5, 5.41) is 3.06. The Morgan fingerprint density at radius 1 is 1.12 bits per heavy atom. The number of hydrogen-bond acceptors (Lipinski definition) is 7. The van der Waals surface area contributed by atoms with E-state index >= 15 is 0 Å². The van der Waals surface area contributed by atoms with Gasteiger partial charge >= 0.3 is 0 Å². The molecule has 0 radical (unpaired) electrons. The minimum atomic E-state index is -3.29. The van der Waals surface area contributed by atoms with Gasteiger partial charge in [-0.1, -0.05) is 18.2 Å². The van der Waals surface area contributed by atoms with E-state index in [0.717, 1.165) is 18.9 Å². The number of ether oxygens (including phenoxy) is 1. The first-order valence-corrected chi connectivity index (χ1v) is 9.47. The largest absolute Gasteiger partial charge is 0.378 e. The van der Waals surface area contributed by atoms with Crippen molar-refractivity contribution >= 4 is 21.5 Å². The Kier molecular flexibility index (Phi) is 5.27. The summed E-state index contributed by atoms with van der Waals surface area (Å²) in [6, 6.07) is 10.3. The molecule has 1 aliphatic heterocycles. The van der Waals surface area contributed by atoms with E-state index in [-0.39, 0.29) is 12.3 Å². The molecule has 0 amide bonds. The van der Waals surface area contributed by atoms with Crippen molar-refractivity contribution in [1.29, 1.82) is 0 Å². The van der Waals surface area contributed by atoms with E-state index in [0.29, 0.717) is 23.9 Å². The summed E-state index contributed by atoms with van der Waals surface area (Å²) >= 11 is 0. The van der Waals surface area contributed by atoms with E-state index in [4.69, 9.17) is 4.74 Å². The Labute approximate surface area is 141 Å². The van der Waals surface area contributed by atoms with Gasteiger partial charge in [0.25, 0.3) is 0 Å². The fourth-order valence-electron chi connectivity index (χ4n) is 2.47. The predicted octanol–water partition coefficient (Wildman–Crippen LogP) is 1.20. The Hall–Kier alpha value is -2.19. The SMILES string of the molecule is O=S(=O)(CCNc1cc(N2CCOCC2)ncn1)c1ccccc1. The first kappa shape index (κ1) is 16.7. The van der Waals surface area contributed by atoms with Crippen LogP contribution in [-0.4, -0.2) is 57.0 Å². The normalized spacial score (nSPS) is 15.2. The van der Waals surface area contributed by atoms with Crippen molar-refractivity contribution in [2.45, 2.75) is 4.90 Å². The number of sulfone groups is 1. The molecule has 1 aromatic carbocycles. The number of nitrogens with zero attached hydrogens (tertiary/aromatic N) is 3. The molecule has 2 heterocycles. The van der Waals surface area contributed by atoms with Gasteiger partial charge in [-0.2, -0.15) is 0 Å². The van der Waals surface area contributed by atoms with Gasteiger partial charge in [-0.05, 0) is 12.1 Å². The van der Waals surface area contributed by atoms with Crippen LogP contribution in [0.5, 0.6) is 0 Å². The van der Waals surface area contributed by atoms with Crippen LogP contribution in [-0.2, 0) is 14.6 Å². The van der Waals surface area contributed by atoms with Crippen molar-refractivity contribution in [2.75, 3.05) is 48.8 Å². The van der Waals surface area contributed by atoms with Gasteiger partial charge in [0.2, 0.25) is 0 Å². The molecule has 0 bridgehead atoms. The van der Waals surface area contributed by atoms with Crippen molar-refractivity contribution in [1.82, 2.24) is 9.97 Å². The van der Waals surface area contributed by atoms with E-state index in [2.05, 4.69) is 20.2 Å². The average molecular weight is 348 g/mol. The Morgan fingerprint density at radius 2 is 1.88 bits per heavy atom. The first-order chi connectivity index (χ1) is 11.6. The molecule has 1 saturated heterocycles. The van der Waals surface area contributed by atoms with E-state index in [1.807, 2.05) is 6.07 Å². The standard InChI is InChI=1S/C16H20N4O3S/c21-24(22,14-4-2-1-3-5-14)11-6-17-15-12-16(19-13-18-15)20-7-9-23-10-8-20/h1-5,12-13H,6-11H2,(H,17,18,19). The molecule has 0 saturated carbocycles. The van der Waals surface area contributed by atoms with E-state index in [9.17, 15) is 8.42 Å². The minimum absolute atomic E-state index is 0.00784. The second kappa shape index (κ2) is 7.59. The van der Waals surface area contributed by atoms with Gasteiger partial charge in [0.1, 0.15) is 18.0 Å². The fourth-order valence-corrected chi connectivity index (χ4v) is 3.65. The average Bonchev–Trinajstić information content (AvgIpc) is 2.63. The van der Waals surface area contributed by atoms with E-state index in [1.54, 1.807) is 30.3 Å². The van der Waals surface area contributed by atoms with Crippen LogP contribution in [0.25, 0.3) is 0 Å². The van der Waals surface area contributed by atoms with Gasteiger partial charge in [-0.15, -0.1) is 0 Å². The van der Waals surface area contributed by atoms with Crippen LogP contribution in [0.2, 0.25) is 0 Å². The smallest absolute Gasteiger partial charge is 0.180 e. The molecule has 2 aromatic rings. The topological polar surface area (TPSA) is 84.4 Å². The second-order valence-electron chi connectivity index (χ2n) is 5.42. The molecule has 24 heavy (non-hydrogen) atoms. The van der Waals surface area contributed by atoms with Gasteiger partial charge < -0.3 is 15.0 Å². The van der Waals surface area contributed by atoms with E-state index in [1.165, 1.54) is 6.33 Å². The summed E-state index contributed by atoms with van der Waals surface area (Å²) in [6.07, 6.45) is 1.48. The van der Waals surface area contributed by atoms with Crippen molar-refractivity contribution in [3.05, 3.63) is 42.7 Å². The molecular weight excluding hydrogens is 328 g/mol. The molecule has 1 aromatic heterocycles. The lowest BCUT2D eigenvalue weighted by molar-refractivity contribution is 0.122. The monoisotopic (exact) mass is 348 g/mol. The number of hydrogen-bond donors (Lipinski definition) is 1. The summed E-state index contributed by atoms with van der Waals surface area (Å²) in [6.45, 7) is 3.23. The van der Waals surface area contributed by atoms with Gasteiger partial charge in [0, 0.05) is 25.7 Å². The van der Waals surface area contributed by atoms with Gasteiger partial charge in [0.15, 0.2) is 9.84 Å². The third kappa shape index (κ3) is 4.21. The van der Waals surface area contributed by atoms with Crippen LogP contribution < -0.4 is 10.2 Å². The molecule has 1 fully saturated rings. The zero-order chi connectivity index (χ0) is 16.8. The third-order valence-electron chi connectivity index (χ3n) is 3.77. The highest BCUT2D eigenvalue weighted by Crippen LogP contribution is 2.16. The zero-order valence-corrected chi connectivity index (χ0v) is 14.1. The van der Waals surface area contributed by atoms with Crippen molar-refractivity contribution < 1.29 is 13.2 Å². The first-order valence-electron chi connectivity index (χ1n) is 7.81. The lowest BCUT2D eigenvalue weighted by Crippen LogP contribution is -2.36. The summed E-state index contributed by atoms with van der Waals surface area (Å²) in [4.78, 5) is 10.9. The van der Waals surface area contributed by atoms with Crippen LogP contribution in [0.4, 0.5) is 11.6 Å².